The highest BCUT2D eigenvalue weighted by Crippen LogP contribution is 2.30. The van der Waals surface area contributed by atoms with Crippen LogP contribution in [-0.2, 0) is 6.42 Å². The summed E-state index contributed by atoms with van der Waals surface area (Å²) in [5.74, 6) is 0. The third-order valence-corrected chi connectivity index (χ3v) is 3.06. The van der Waals surface area contributed by atoms with Crippen molar-refractivity contribution in [2.45, 2.75) is 25.3 Å². The zero-order valence-corrected chi connectivity index (χ0v) is 9.78. The van der Waals surface area contributed by atoms with Gasteiger partial charge in [0, 0.05) is 13.2 Å². The van der Waals surface area contributed by atoms with Gasteiger partial charge >= 0.3 is 6.03 Å². The Bertz CT molecular complexity index is 393. The molecule has 0 saturated carbocycles. The predicted molar refractivity (Wildman–Crippen MR) is 65.7 cm³/mol. The fourth-order valence-electron chi connectivity index (χ4n) is 2.20. The SMILES string of the molecule is O=C(NCCCO)NC1CCc2ccccc21. The quantitative estimate of drug-likeness (QED) is 0.689. The minimum absolute atomic E-state index is 0.104. The van der Waals surface area contributed by atoms with Crippen LogP contribution in [0, 0.1) is 0 Å². The van der Waals surface area contributed by atoms with E-state index in [1.165, 1.54) is 11.1 Å². The molecule has 1 aliphatic carbocycles. The zero-order chi connectivity index (χ0) is 12.1. The molecular formula is C13H18N2O2. The molecule has 0 saturated heterocycles. The van der Waals surface area contributed by atoms with Gasteiger partial charge in [0.25, 0.3) is 0 Å². The number of carbonyl (C=O) groups excluding carboxylic acids is 1. The molecule has 1 aromatic carbocycles. The Morgan fingerprint density at radius 1 is 1.41 bits per heavy atom. The van der Waals surface area contributed by atoms with Gasteiger partial charge in [0.05, 0.1) is 6.04 Å². The molecule has 4 nitrogen and oxygen atoms in total. The summed E-state index contributed by atoms with van der Waals surface area (Å²) in [6.45, 7) is 0.614. The van der Waals surface area contributed by atoms with E-state index in [1.54, 1.807) is 0 Å². The second kappa shape index (κ2) is 5.68. The van der Waals surface area contributed by atoms with Gasteiger partial charge in [-0.25, -0.2) is 4.79 Å². The Morgan fingerprint density at radius 3 is 3.06 bits per heavy atom. The van der Waals surface area contributed by atoms with Crippen molar-refractivity contribution >= 4 is 6.03 Å². The molecule has 0 aromatic heterocycles. The first-order valence-corrected chi connectivity index (χ1v) is 6.04. The average molecular weight is 234 g/mol. The van der Waals surface area contributed by atoms with Gasteiger partial charge in [0.1, 0.15) is 0 Å². The number of rotatable bonds is 4. The Balaban J connectivity index is 1.87. The molecule has 17 heavy (non-hydrogen) atoms. The molecule has 1 aromatic rings. The largest absolute Gasteiger partial charge is 0.396 e. The van der Waals surface area contributed by atoms with Crippen LogP contribution in [0.15, 0.2) is 24.3 Å². The molecule has 0 aliphatic heterocycles. The second-order valence-electron chi connectivity index (χ2n) is 4.27. The molecule has 0 fully saturated rings. The van der Waals surface area contributed by atoms with Crippen LogP contribution in [0.3, 0.4) is 0 Å². The molecule has 0 spiro atoms. The first-order chi connectivity index (χ1) is 8.31. The van der Waals surface area contributed by atoms with Crippen LogP contribution < -0.4 is 10.6 Å². The van der Waals surface area contributed by atoms with E-state index in [4.69, 9.17) is 5.11 Å². The van der Waals surface area contributed by atoms with E-state index >= 15 is 0 Å². The van der Waals surface area contributed by atoms with E-state index in [0.29, 0.717) is 13.0 Å². The minimum atomic E-state index is -0.153. The maximum Gasteiger partial charge on any atom is 0.315 e. The van der Waals surface area contributed by atoms with Crippen LogP contribution in [0.25, 0.3) is 0 Å². The van der Waals surface area contributed by atoms with Gasteiger partial charge in [-0.15, -0.1) is 0 Å². The lowest BCUT2D eigenvalue weighted by atomic mass is 10.1. The van der Waals surface area contributed by atoms with Gasteiger partial charge in [-0.1, -0.05) is 24.3 Å². The van der Waals surface area contributed by atoms with Crippen molar-refractivity contribution in [3.8, 4) is 0 Å². The minimum Gasteiger partial charge on any atom is -0.396 e. The van der Waals surface area contributed by atoms with Crippen molar-refractivity contribution in [1.29, 1.82) is 0 Å². The van der Waals surface area contributed by atoms with Gasteiger partial charge in [0.2, 0.25) is 0 Å². The highest BCUT2D eigenvalue weighted by atomic mass is 16.3. The number of nitrogens with one attached hydrogen (secondary N) is 2. The number of aliphatic hydroxyl groups is 1. The summed E-state index contributed by atoms with van der Waals surface area (Å²) < 4.78 is 0. The number of aliphatic hydroxyl groups excluding tert-OH is 1. The van der Waals surface area contributed by atoms with Crippen LogP contribution in [0.1, 0.15) is 30.0 Å². The van der Waals surface area contributed by atoms with Crippen molar-refractivity contribution in [3.63, 3.8) is 0 Å². The van der Waals surface area contributed by atoms with Crippen LogP contribution in [0.4, 0.5) is 4.79 Å². The third kappa shape index (κ3) is 2.97. The average Bonchev–Trinajstić information content (AvgIpc) is 2.73. The molecule has 0 heterocycles. The maximum absolute atomic E-state index is 11.6. The van der Waals surface area contributed by atoms with Crippen molar-refractivity contribution in [2.75, 3.05) is 13.2 Å². The Labute approximate surface area is 101 Å². The molecule has 92 valence electrons. The summed E-state index contributed by atoms with van der Waals surface area (Å²) in [7, 11) is 0. The molecular weight excluding hydrogens is 216 g/mol. The van der Waals surface area contributed by atoms with E-state index in [0.717, 1.165) is 12.8 Å². The summed E-state index contributed by atoms with van der Waals surface area (Å²) in [6, 6.07) is 8.19. The molecule has 4 heteroatoms. The van der Waals surface area contributed by atoms with E-state index in [9.17, 15) is 4.79 Å². The lowest BCUT2D eigenvalue weighted by Crippen LogP contribution is -2.37. The number of amides is 2. The summed E-state index contributed by atoms with van der Waals surface area (Å²) in [6.07, 6.45) is 2.58. The first-order valence-electron chi connectivity index (χ1n) is 6.04. The number of carbonyl (C=O) groups is 1. The smallest absolute Gasteiger partial charge is 0.315 e. The number of benzene rings is 1. The van der Waals surface area contributed by atoms with Crippen LogP contribution in [0.2, 0.25) is 0 Å². The third-order valence-electron chi connectivity index (χ3n) is 3.06. The number of hydrogen-bond donors (Lipinski definition) is 3. The number of urea groups is 1. The first kappa shape index (κ1) is 11.9. The molecule has 0 bridgehead atoms. The maximum atomic E-state index is 11.6. The van der Waals surface area contributed by atoms with Gasteiger partial charge in [-0.05, 0) is 30.4 Å². The van der Waals surface area contributed by atoms with E-state index in [1.807, 2.05) is 12.1 Å². The summed E-state index contributed by atoms with van der Waals surface area (Å²) in [5.41, 5.74) is 2.55. The Hall–Kier alpha value is -1.55. The highest BCUT2D eigenvalue weighted by molar-refractivity contribution is 5.74. The standard InChI is InChI=1S/C13H18N2O2/c16-9-3-8-14-13(17)15-12-7-6-10-4-1-2-5-11(10)12/h1-2,4-5,12,16H,3,6-9H2,(H2,14,15,17). The topological polar surface area (TPSA) is 61.4 Å². The van der Waals surface area contributed by atoms with Crippen LogP contribution in [-0.4, -0.2) is 24.3 Å². The van der Waals surface area contributed by atoms with Gasteiger partial charge in [0.15, 0.2) is 0 Å². The van der Waals surface area contributed by atoms with Crippen LogP contribution in [0.5, 0.6) is 0 Å². The Morgan fingerprint density at radius 2 is 2.24 bits per heavy atom. The summed E-state index contributed by atoms with van der Waals surface area (Å²) in [4.78, 5) is 11.6. The molecule has 2 amide bonds. The zero-order valence-electron chi connectivity index (χ0n) is 9.78. The molecule has 1 atom stereocenters. The molecule has 3 N–H and O–H groups in total. The van der Waals surface area contributed by atoms with Gasteiger partial charge < -0.3 is 15.7 Å². The van der Waals surface area contributed by atoms with Crippen molar-refractivity contribution in [3.05, 3.63) is 35.4 Å². The van der Waals surface area contributed by atoms with Gasteiger partial charge in [-0.3, -0.25) is 0 Å². The lowest BCUT2D eigenvalue weighted by Gasteiger charge is -2.14. The highest BCUT2D eigenvalue weighted by Gasteiger charge is 2.22. The number of aryl methyl sites for hydroxylation is 1. The normalized spacial score (nSPS) is 17.6. The fourth-order valence-corrected chi connectivity index (χ4v) is 2.20. The lowest BCUT2D eigenvalue weighted by molar-refractivity contribution is 0.234. The summed E-state index contributed by atoms with van der Waals surface area (Å²) >= 11 is 0. The summed E-state index contributed by atoms with van der Waals surface area (Å²) in [5, 5.41) is 14.3. The van der Waals surface area contributed by atoms with E-state index < -0.39 is 0 Å². The molecule has 0 radical (unpaired) electrons. The van der Waals surface area contributed by atoms with Crippen molar-refractivity contribution in [1.82, 2.24) is 10.6 Å². The second-order valence-corrected chi connectivity index (χ2v) is 4.27. The van der Waals surface area contributed by atoms with E-state index in [-0.39, 0.29) is 18.7 Å². The number of hydrogen-bond acceptors (Lipinski definition) is 2. The molecule has 2 rings (SSSR count). The van der Waals surface area contributed by atoms with Crippen molar-refractivity contribution in [2.24, 2.45) is 0 Å². The molecule has 1 unspecified atom stereocenters. The predicted octanol–water partition coefficient (Wildman–Crippen LogP) is 1.36. The Kier molecular flexibility index (Phi) is 3.98. The van der Waals surface area contributed by atoms with E-state index in [2.05, 4.69) is 22.8 Å². The number of fused-ring (bicyclic) bond motifs is 1. The van der Waals surface area contributed by atoms with Crippen molar-refractivity contribution < 1.29 is 9.90 Å². The fraction of sp³-hybridized carbons (Fsp3) is 0.462. The monoisotopic (exact) mass is 234 g/mol. The van der Waals surface area contributed by atoms with Gasteiger partial charge in [-0.2, -0.15) is 0 Å². The molecule has 1 aliphatic rings. The van der Waals surface area contributed by atoms with Crippen LogP contribution >= 0.6 is 0 Å².